The first-order chi connectivity index (χ1) is 8.72. The van der Waals surface area contributed by atoms with Crippen LogP contribution in [0.4, 0.5) is 0 Å². The third-order valence-electron chi connectivity index (χ3n) is 2.68. The van der Waals surface area contributed by atoms with E-state index in [4.69, 9.17) is 16.6 Å². The van der Waals surface area contributed by atoms with Crippen LogP contribution in [0.1, 0.15) is 31.9 Å². The van der Waals surface area contributed by atoms with Crippen molar-refractivity contribution in [3.05, 3.63) is 29.1 Å². The molecule has 0 N–H and O–H groups in total. The summed E-state index contributed by atoms with van der Waals surface area (Å²) in [5.74, 6) is 0.682. The molecule has 2 heterocycles. The number of amides is 1. The van der Waals surface area contributed by atoms with Crippen molar-refractivity contribution in [3.63, 3.8) is 0 Å². The zero-order valence-electron chi connectivity index (χ0n) is 10.2. The highest BCUT2D eigenvalue weighted by Gasteiger charge is 2.31. The molecular formula is C13H15NO2S2. The van der Waals surface area contributed by atoms with Gasteiger partial charge in [-0.2, -0.15) is 0 Å². The van der Waals surface area contributed by atoms with Crippen molar-refractivity contribution in [1.29, 1.82) is 0 Å². The number of thiocarbonyl (C=S) groups is 1. The Bertz CT molecular complexity index is 465. The van der Waals surface area contributed by atoms with Crippen molar-refractivity contribution < 1.29 is 9.21 Å². The summed E-state index contributed by atoms with van der Waals surface area (Å²) in [4.78, 5) is 14.5. The predicted octanol–water partition coefficient (Wildman–Crippen LogP) is 3.67. The molecule has 2 rings (SSSR count). The van der Waals surface area contributed by atoms with Gasteiger partial charge in [0.05, 0.1) is 11.2 Å². The Morgan fingerprint density at radius 1 is 1.50 bits per heavy atom. The Kier molecular flexibility index (Phi) is 4.60. The maximum atomic E-state index is 12.1. The molecule has 18 heavy (non-hydrogen) atoms. The first-order valence-electron chi connectivity index (χ1n) is 6.01. The minimum absolute atomic E-state index is 0.00231. The van der Waals surface area contributed by atoms with Crippen molar-refractivity contribution in [2.75, 3.05) is 6.54 Å². The minimum atomic E-state index is -0.00231. The van der Waals surface area contributed by atoms with Crippen LogP contribution in [0.25, 0.3) is 6.08 Å². The zero-order chi connectivity index (χ0) is 13.0. The molecule has 1 amide bonds. The summed E-state index contributed by atoms with van der Waals surface area (Å²) in [6.45, 7) is 2.86. The predicted molar refractivity (Wildman–Crippen MR) is 78.1 cm³/mol. The molecule has 0 unspecified atom stereocenters. The lowest BCUT2D eigenvalue weighted by Crippen LogP contribution is -2.28. The lowest BCUT2D eigenvalue weighted by Gasteiger charge is -2.13. The molecule has 1 fully saturated rings. The number of nitrogens with zero attached hydrogens (tertiary/aromatic N) is 1. The lowest BCUT2D eigenvalue weighted by molar-refractivity contribution is -0.122. The summed E-state index contributed by atoms with van der Waals surface area (Å²) in [5.41, 5.74) is 0. The Hall–Kier alpha value is -1.07. The molecule has 1 aromatic rings. The second-order valence-electron chi connectivity index (χ2n) is 4.06. The molecule has 0 radical (unpaired) electrons. The highest BCUT2D eigenvalue weighted by atomic mass is 32.2. The first kappa shape index (κ1) is 13.4. The summed E-state index contributed by atoms with van der Waals surface area (Å²) >= 11 is 6.58. The summed E-state index contributed by atoms with van der Waals surface area (Å²) in [6, 6.07) is 3.62. The largest absolute Gasteiger partial charge is 0.465 e. The van der Waals surface area contributed by atoms with Gasteiger partial charge in [-0.3, -0.25) is 9.69 Å². The highest BCUT2D eigenvalue weighted by molar-refractivity contribution is 8.26. The van der Waals surface area contributed by atoms with E-state index in [2.05, 4.69) is 6.92 Å². The van der Waals surface area contributed by atoms with Gasteiger partial charge >= 0.3 is 0 Å². The average Bonchev–Trinajstić information content (AvgIpc) is 2.93. The molecule has 3 nitrogen and oxygen atoms in total. The van der Waals surface area contributed by atoms with Crippen LogP contribution in [-0.2, 0) is 4.79 Å². The third kappa shape index (κ3) is 3.03. The standard InChI is InChI=1S/C13H15NO2S2/c1-2-3-4-7-14-12(15)11(18-13(14)17)9-10-6-5-8-16-10/h5-6,8-9H,2-4,7H2,1H3. The molecule has 96 valence electrons. The number of unbranched alkanes of at least 4 members (excludes halogenated alkanes) is 2. The van der Waals surface area contributed by atoms with Gasteiger partial charge in [0.15, 0.2) is 0 Å². The highest BCUT2D eigenvalue weighted by Crippen LogP contribution is 2.32. The molecule has 0 atom stereocenters. The molecule has 1 aliphatic rings. The van der Waals surface area contributed by atoms with Gasteiger partial charge in [-0.1, -0.05) is 43.7 Å². The summed E-state index contributed by atoms with van der Waals surface area (Å²) in [6.07, 6.45) is 6.59. The fraction of sp³-hybridized carbons (Fsp3) is 0.385. The number of thioether (sulfide) groups is 1. The Morgan fingerprint density at radius 3 is 3.00 bits per heavy atom. The van der Waals surface area contributed by atoms with Gasteiger partial charge in [-0.25, -0.2) is 0 Å². The molecule has 5 heteroatoms. The lowest BCUT2D eigenvalue weighted by atomic mass is 10.2. The summed E-state index contributed by atoms with van der Waals surface area (Å²) in [5, 5.41) is 0. The minimum Gasteiger partial charge on any atom is -0.465 e. The van der Waals surface area contributed by atoms with E-state index < -0.39 is 0 Å². The molecule has 0 spiro atoms. The number of carbonyl (C=O) groups is 1. The van der Waals surface area contributed by atoms with E-state index in [0.717, 1.165) is 19.3 Å². The van der Waals surface area contributed by atoms with Gasteiger partial charge in [0.25, 0.3) is 5.91 Å². The normalized spacial score (nSPS) is 18.1. The van der Waals surface area contributed by atoms with E-state index in [-0.39, 0.29) is 5.91 Å². The maximum Gasteiger partial charge on any atom is 0.266 e. The van der Waals surface area contributed by atoms with E-state index in [9.17, 15) is 4.79 Å². The fourth-order valence-electron chi connectivity index (χ4n) is 1.72. The van der Waals surface area contributed by atoms with Crippen LogP contribution in [0.5, 0.6) is 0 Å². The number of hydrogen-bond acceptors (Lipinski definition) is 4. The Labute approximate surface area is 116 Å². The van der Waals surface area contributed by atoms with E-state index in [1.54, 1.807) is 23.3 Å². The van der Waals surface area contributed by atoms with Crippen molar-refractivity contribution in [1.82, 2.24) is 4.90 Å². The zero-order valence-corrected chi connectivity index (χ0v) is 11.9. The second kappa shape index (κ2) is 6.20. The van der Waals surface area contributed by atoms with Crippen LogP contribution in [0.2, 0.25) is 0 Å². The number of carbonyl (C=O) groups excluding carboxylic acids is 1. The van der Waals surface area contributed by atoms with Crippen LogP contribution < -0.4 is 0 Å². The van der Waals surface area contributed by atoms with Crippen molar-refractivity contribution in [2.24, 2.45) is 0 Å². The van der Waals surface area contributed by atoms with Crippen LogP contribution in [0.3, 0.4) is 0 Å². The fourth-order valence-corrected chi connectivity index (χ4v) is 3.00. The van der Waals surface area contributed by atoms with Crippen LogP contribution in [0.15, 0.2) is 27.7 Å². The van der Waals surface area contributed by atoms with E-state index >= 15 is 0 Å². The van der Waals surface area contributed by atoms with Crippen LogP contribution in [0, 0.1) is 0 Å². The van der Waals surface area contributed by atoms with E-state index in [1.165, 1.54) is 11.8 Å². The second-order valence-corrected chi connectivity index (χ2v) is 5.73. The SMILES string of the molecule is CCCCCN1C(=O)C(=Cc2ccco2)SC1=S. The molecule has 1 aliphatic heterocycles. The quantitative estimate of drug-likeness (QED) is 0.468. The third-order valence-corrected chi connectivity index (χ3v) is 4.05. The van der Waals surface area contributed by atoms with Gasteiger partial charge in [-0.05, 0) is 18.6 Å². The van der Waals surface area contributed by atoms with Crippen molar-refractivity contribution in [2.45, 2.75) is 26.2 Å². The van der Waals surface area contributed by atoms with Crippen LogP contribution in [-0.4, -0.2) is 21.7 Å². The molecule has 0 aromatic carbocycles. The van der Waals surface area contributed by atoms with Gasteiger partial charge in [0.2, 0.25) is 0 Å². The monoisotopic (exact) mass is 281 g/mol. The molecule has 0 bridgehead atoms. The number of rotatable bonds is 5. The molecule has 0 aliphatic carbocycles. The molecule has 1 saturated heterocycles. The van der Waals surface area contributed by atoms with Crippen molar-refractivity contribution >= 4 is 40.3 Å². The summed E-state index contributed by atoms with van der Waals surface area (Å²) < 4.78 is 5.86. The van der Waals surface area contributed by atoms with Crippen LogP contribution >= 0.6 is 24.0 Å². The molecular weight excluding hydrogens is 266 g/mol. The smallest absolute Gasteiger partial charge is 0.266 e. The van der Waals surface area contributed by atoms with Gasteiger partial charge in [-0.15, -0.1) is 0 Å². The van der Waals surface area contributed by atoms with E-state index in [1.807, 2.05) is 6.07 Å². The Morgan fingerprint density at radius 2 is 2.33 bits per heavy atom. The number of furan rings is 1. The summed E-state index contributed by atoms with van der Waals surface area (Å²) in [7, 11) is 0. The van der Waals surface area contributed by atoms with Gasteiger partial charge in [0, 0.05) is 12.6 Å². The van der Waals surface area contributed by atoms with E-state index in [0.29, 0.717) is 21.5 Å². The van der Waals surface area contributed by atoms with Gasteiger partial charge < -0.3 is 4.42 Å². The van der Waals surface area contributed by atoms with Crippen molar-refractivity contribution in [3.8, 4) is 0 Å². The molecule has 1 aromatic heterocycles. The Balaban J connectivity index is 2.04. The number of hydrogen-bond donors (Lipinski definition) is 0. The first-order valence-corrected chi connectivity index (χ1v) is 7.23. The molecule has 0 saturated carbocycles. The maximum absolute atomic E-state index is 12.1. The average molecular weight is 281 g/mol. The van der Waals surface area contributed by atoms with Gasteiger partial charge in [0.1, 0.15) is 10.1 Å². The topological polar surface area (TPSA) is 33.5 Å².